The number of nitrogen functional groups attached to an aromatic ring is 1. The molecule has 10 heteroatoms. The molecule has 0 saturated carbocycles. The lowest BCUT2D eigenvalue weighted by atomic mass is 10.00. The molecule has 7 nitrogen and oxygen atoms in total. The van der Waals surface area contributed by atoms with E-state index in [1.807, 2.05) is 6.92 Å². The highest BCUT2D eigenvalue weighted by Crippen LogP contribution is 2.38. The van der Waals surface area contributed by atoms with Crippen molar-refractivity contribution in [2.45, 2.75) is 39.3 Å². The van der Waals surface area contributed by atoms with Crippen molar-refractivity contribution in [2.24, 2.45) is 0 Å². The average molecular weight is 431 g/mol. The summed E-state index contributed by atoms with van der Waals surface area (Å²) in [6, 6.07) is 7.23. The summed E-state index contributed by atoms with van der Waals surface area (Å²) in [4.78, 5) is 19.0. The lowest BCUT2D eigenvalue weighted by molar-refractivity contribution is -0.141. The van der Waals surface area contributed by atoms with E-state index in [4.69, 9.17) is 10.5 Å². The fraction of sp³-hybridized carbons (Fsp3) is 0.333. The van der Waals surface area contributed by atoms with Crippen LogP contribution in [0.25, 0.3) is 10.9 Å². The maximum absolute atomic E-state index is 13.1. The van der Waals surface area contributed by atoms with Crippen LogP contribution in [0.1, 0.15) is 52.8 Å². The highest BCUT2D eigenvalue weighted by molar-refractivity contribution is 5.99. The van der Waals surface area contributed by atoms with E-state index in [-0.39, 0.29) is 24.2 Å². The number of pyridine rings is 1. The first-order valence-corrected chi connectivity index (χ1v) is 9.71. The monoisotopic (exact) mass is 431 g/mol. The fourth-order valence-corrected chi connectivity index (χ4v) is 3.70. The van der Waals surface area contributed by atoms with Crippen molar-refractivity contribution < 1.29 is 22.7 Å². The van der Waals surface area contributed by atoms with Gasteiger partial charge in [0, 0.05) is 23.1 Å². The highest BCUT2D eigenvalue weighted by Gasteiger charge is 2.33. The molecule has 1 amide bonds. The van der Waals surface area contributed by atoms with E-state index >= 15 is 0 Å². The first-order chi connectivity index (χ1) is 14.7. The van der Waals surface area contributed by atoms with Crippen LogP contribution in [-0.4, -0.2) is 32.5 Å². The molecule has 162 valence electrons. The van der Waals surface area contributed by atoms with Gasteiger partial charge in [-0.1, -0.05) is 0 Å². The summed E-state index contributed by atoms with van der Waals surface area (Å²) < 4.78 is 43.7. The van der Waals surface area contributed by atoms with Crippen LogP contribution in [0.15, 0.2) is 30.3 Å². The number of benzene rings is 1. The van der Waals surface area contributed by atoms with E-state index in [9.17, 15) is 18.0 Å². The lowest BCUT2D eigenvalue weighted by Gasteiger charge is -2.21. The van der Waals surface area contributed by atoms with Crippen LogP contribution in [0.3, 0.4) is 0 Å². The van der Waals surface area contributed by atoms with Crippen LogP contribution in [-0.2, 0) is 24.1 Å². The van der Waals surface area contributed by atoms with Crippen molar-refractivity contribution in [1.82, 2.24) is 20.1 Å². The molecular weight excluding hydrogens is 411 g/mol. The Morgan fingerprint density at radius 2 is 2.03 bits per heavy atom. The van der Waals surface area contributed by atoms with E-state index in [0.717, 1.165) is 22.6 Å². The van der Waals surface area contributed by atoms with E-state index in [1.54, 1.807) is 25.1 Å². The Balaban J connectivity index is 1.62. The quantitative estimate of drug-likeness (QED) is 0.674. The Kier molecular flexibility index (Phi) is 5.26. The van der Waals surface area contributed by atoms with Crippen molar-refractivity contribution >= 4 is 22.6 Å². The van der Waals surface area contributed by atoms with Crippen LogP contribution in [0, 0.1) is 0 Å². The number of hydrogen-bond acceptors (Lipinski definition) is 6. The van der Waals surface area contributed by atoms with Crippen molar-refractivity contribution in [1.29, 1.82) is 0 Å². The second-order valence-corrected chi connectivity index (χ2v) is 7.30. The van der Waals surface area contributed by atoms with Gasteiger partial charge in [-0.2, -0.15) is 18.3 Å². The van der Waals surface area contributed by atoms with Crippen LogP contribution in [0.5, 0.6) is 0 Å². The molecule has 2 aromatic heterocycles. The summed E-state index contributed by atoms with van der Waals surface area (Å²) in [5.74, 6) is 0.145. The van der Waals surface area contributed by atoms with Gasteiger partial charge in [0.25, 0.3) is 5.91 Å². The number of alkyl halides is 3. The highest BCUT2D eigenvalue weighted by atomic mass is 19.4. The number of nitrogens with zero attached hydrogens (tertiary/aromatic N) is 4. The van der Waals surface area contributed by atoms with Crippen LogP contribution in [0.4, 0.5) is 19.0 Å². The minimum Gasteiger partial charge on any atom is -0.383 e. The normalized spacial score (nSPS) is 15.8. The predicted octanol–water partition coefficient (Wildman–Crippen LogP) is 3.88. The zero-order valence-corrected chi connectivity index (χ0v) is 16.9. The summed E-state index contributed by atoms with van der Waals surface area (Å²) in [5, 5.41) is 7.63. The maximum Gasteiger partial charge on any atom is 0.435 e. The number of rotatable bonds is 4. The Morgan fingerprint density at radius 1 is 1.26 bits per heavy atom. The topological polar surface area (TPSA) is 94.2 Å². The van der Waals surface area contributed by atoms with Gasteiger partial charge in [0.2, 0.25) is 0 Å². The number of anilines is 1. The SMILES string of the molecule is CCN(Cc1ccc(C(F)(F)F)nn1)C(=O)c1ccc2nc(N)c3c(c2c1)CO[C@@H]3C. The smallest absolute Gasteiger partial charge is 0.383 e. The van der Waals surface area contributed by atoms with Gasteiger partial charge in [-0.25, -0.2) is 4.98 Å². The molecule has 0 spiro atoms. The second-order valence-electron chi connectivity index (χ2n) is 7.30. The molecule has 0 fully saturated rings. The molecule has 0 bridgehead atoms. The Bertz CT molecular complexity index is 1150. The van der Waals surface area contributed by atoms with Gasteiger partial charge in [0.1, 0.15) is 5.82 Å². The van der Waals surface area contributed by atoms with Gasteiger partial charge < -0.3 is 15.4 Å². The summed E-state index contributed by atoms with van der Waals surface area (Å²) >= 11 is 0. The van der Waals surface area contributed by atoms with Gasteiger partial charge >= 0.3 is 6.18 Å². The number of halogens is 3. The number of ether oxygens (including phenoxy) is 1. The largest absolute Gasteiger partial charge is 0.435 e. The molecule has 3 aromatic rings. The Hall–Kier alpha value is -3.27. The first kappa shape index (κ1) is 21.0. The van der Waals surface area contributed by atoms with E-state index in [2.05, 4.69) is 15.2 Å². The van der Waals surface area contributed by atoms with Gasteiger partial charge in [-0.3, -0.25) is 4.79 Å². The van der Waals surface area contributed by atoms with Crippen molar-refractivity contribution in [2.75, 3.05) is 12.3 Å². The molecule has 0 radical (unpaired) electrons. The van der Waals surface area contributed by atoms with Gasteiger partial charge in [0.05, 0.1) is 30.5 Å². The van der Waals surface area contributed by atoms with Crippen molar-refractivity contribution in [3.8, 4) is 0 Å². The first-order valence-electron chi connectivity index (χ1n) is 9.71. The number of aromatic nitrogens is 3. The molecule has 0 unspecified atom stereocenters. The minimum atomic E-state index is -4.56. The van der Waals surface area contributed by atoms with Crippen molar-refractivity contribution in [3.63, 3.8) is 0 Å². The molecule has 31 heavy (non-hydrogen) atoms. The third-order valence-corrected chi connectivity index (χ3v) is 5.33. The molecule has 0 saturated heterocycles. The average Bonchev–Trinajstić information content (AvgIpc) is 3.13. The Labute approximate surface area is 176 Å². The van der Waals surface area contributed by atoms with Crippen molar-refractivity contribution in [3.05, 3.63) is 58.4 Å². The molecule has 0 aliphatic carbocycles. The number of carbonyl (C=O) groups is 1. The number of fused-ring (bicyclic) bond motifs is 3. The number of carbonyl (C=O) groups excluding carboxylic acids is 1. The van der Waals surface area contributed by atoms with Gasteiger partial charge in [0.15, 0.2) is 5.69 Å². The lowest BCUT2D eigenvalue weighted by Crippen LogP contribution is -2.31. The number of amides is 1. The zero-order valence-electron chi connectivity index (χ0n) is 16.9. The molecule has 2 N–H and O–H groups in total. The predicted molar refractivity (Wildman–Crippen MR) is 107 cm³/mol. The third-order valence-electron chi connectivity index (χ3n) is 5.33. The molecule has 3 heterocycles. The Morgan fingerprint density at radius 3 is 2.68 bits per heavy atom. The standard InChI is InChI=1S/C21H20F3N5O2/c1-3-29(9-13-5-7-17(28-27-13)21(22,23)24)20(30)12-4-6-16-14(8-12)15-10-31-11(2)18(15)19(25)26-16/h4-8,11H,3,9-10H2,1-2H3,(H2,25,26)/t11-/m1/s1. The molecule has 1 aliphatic rings. The van der Waals surface area contributed by atoms with Crippen LogP contribution < -0.4 is 5.73 Å². The molecule has 4 rings (SSSR count). The molecular formula is C21H20F3N5O2. The molecule has 1 aromatic carbocycles. The van der Waals surface area contributed by atoms with Gasteiger partial charge in [-0.15, -0.1) is 5.10 Å². The maximum atomic E-state index is 13.1. The number of hydrogen-bond donors (Lipinski definition) is 1. The van der Waals surface area contributed by atoms with Gasteiger partial charge in [-0.05, 0) is 49.7 Å². The van der Waals surface area contributed by atoms with E-state index in [0.29, 0.717) is 30.0 Å². The third kappa shape index (κ3) is 3.90. The van der Waals surface area contributed by atoms with Crippen LogP contribution >= 0.6 is 0 Å². The molecule has 1 aliphatic heterocycles. The van der Waals surface area contributed by atoms with Crippen LogP contribution in [0.2, 0.25) is 0 Å². The summed E-state index contributed by atoms with van der Waals surface area (Å²) in [5.41, 5.74) is 8.12. The summed E-state index contributed by atoms with van der Waals surface area (Å²) in [6.45, 7) is 4.45. The van der Waals surface area contributed by atoms with E-state index < -0.39 is 11.9 Å². The second kappa shape index (κ2) is 7.77. The summed E-state index contributed by atoms with van der Waals surface area (Å²) in [6.07, 6.45) is -4.73. The fourth-order valence-electron chi connectivity index (χ4n) is 3.70. The zero-order chi connectivity index (χ0) is 22.3. The molecule has 1 atom stereocenters. The minimum absolute atomic E-state index is 0.0384. The number of nitrogens with two attached hydrogens (primary N) is 1. The van der Waals surface area contributed by atoms with E-state index in [1.165, 1.54) is 11.0 Å². The summed E-state index contributed by atoms with van der Waals surface area (Å²) in [7, 11) is 0.